The van der Waals surface area contributed by atoms with E-state index in [4.69, 9.17) is 42.4 Å². The van der Waals surface area contributed by atoms with Gasteiger partial charge in [0.15, 0.2) is 11.6 Å². The van der Waals surface area contributed by atoms with Gasteiger partial charge in [0, 0.05) is 17.2 Å². The van der Waals surface area contributed by atoms with E-state index in [0.717, 1.165) is 16.9 Å². The zero-order valence-electron chi connectivity index (χ0n) is 26.4. The van der Waals surface area contributed by atoms with Crippen molar-refractivity contribution in [2.75, 3.05) is 13.7 Å². The third-order valence-corrected chi connectivity index (χ3v) is 8.18. The highest BCUT2D eigenvalue weighted by atomic mass is 35.5. The number of nitrogens with zero attached hydrogens (tertiary/aromatic N) is 4. The molecule has 0 saturated heterocycles. The highest BCUT2D eigenvalue weighted by Crippen LogP contribution is 2.39. The predicted octanol–water partition coefficient (Wildman–Crippen LogP) is 8.58. The van der Waals surface area contributed by atoms with Gasteiger partial charge in [0.1, 0.15) is 12.4 Å². The molecule has 0 unspecified atom stereocenters. The SMILES string of the molecule is CCOc1cc(C=Nn2c(-c3cc(C(C)C)c(OC)cc3C)nc3ccccc3c2=O)cc([N+](=O)[O-])c1OCc1ccc(Cl)c(Cl)c1. The van der Waals surface area contributed by atoms with Crippen molar-refractivity contribution >= 4 is 46.0 Å². The maximum atomic E-state index is 13.9. The largest absolute Gasteiger partial charge is 0.496 e. The summed E-state index contributed by atoms with van der Waals surface area (Å²) in [5, 5.41) is 17.9. The number of aryl methyl sites for hydroxylation is 1. The summed E-state index contributed by atoms with van der Waals surface area (Å²) in [6, 6.07) is 18.7. The van der Waals surface area contributed by atoms with Crippen LogP contribution in [-0.2, 0) is 6.61 Å². The highest BCUT2D eigenvalue weighted by Gasteiger charge is 2.23. The molecule has 0 aliphatic rings. The number of para-hydroxylation sites is 1. The van der Waals surface area contributed by atoms with Gasteiger partial charge in [-0.05, 0) is 78.9 Å². The molecule has 1 aromatic heterocycles. The molecule has 1 heterocycles. The molecule has 0 fully saturated rings. The lowest BCUT2D eigenvalue weighted by Gasteiger charge is -2.17. The van der Waals surface area contributed by atoms with E-state index < -0.39 is 10.5 Å². The number of rotatable bonds is 11. The number of ether oxygens (including phenoxy) is 3. The first-order valence-electron chi connectivity index (χ1n) is 14.8. The Morgan fingerprint density at radius 1 is 1.02 bits per heavy atom. The van der Waals surface area contributed by atoms with Gasteiger partial charge in [-0.3, -0.25) is 14.9 Å². The Hall–Kier alpha value is -4.93. The summed E-state index contributed by atoms with van der Waals surface area (Å²) in [7, 11) is 1.62. The molecule has 5 aromatic rings. The lowest BCUT2D eigenvalue weighted by Crippen LogP contribution is -2.21. The van der Waals surface area contributed by atoms with Gasteiger partial charge in [-0.25, -0.2) is 4.98 Å². The van der Waals surface area contributed by atoms with Gasteiger partial charge in [-0.2, -0.15) is 9.78 Å². The van der Waals surface area contributed by atoms with Crippen LogP contribution in [0.15, 0.2) is 76.6 Å². The topological polar surface area (TPSA) is 118 Å². The summed E-state index contributed by atoms with van der Waals surface area (Å²) in [6.07, 6.45) is 1.36. The molecule has 12 heteroatoms. The molecule has 0 atom stereocenters. The van der Waals surface area contributed by atoms with Crippen molar-refractivity contribution in [2.24, 2.45) is 5.10 Å². The fourth-order valence-electron chi connectivity index (χ4n) is 5.11. The van der Waals surface area contributed by atoms with Crippen molar-refractivity contribution in [2.45, 2.75) is 40.2 Å². The molecule has 5 rings (SSSR count). The van der Waals surface area contributed by atoms with Crippen LogP contribution < -0.4 is 19.8 Å². The molecule has 0 saturated carbocycles. The number of fused-ring (bicyclic) bond motifs is 1. The van der Waals surface area contributed by atoms with Crippen molar-refractivity contribution in [3.8, 4) is 28.6 Å². The van der Waals surface area contributed by atoms with E-state index in [1.165, 1.54) is 17.0 Å². The summed E-state index contributed by atoms with van der Waals surface area (Å²) in [5.41, 5.74) is 3.21. The van der Waals surface area contributed by atoms with Crippen molar-refractivity contribution in [1.29, 1.82) is 0 Å². The second-order valence-corrected chi connectivity index (χ2v) is 11.8. The Kier molecular flexibility index (Phi) is 10.1. The minimum absolute atomic E-state index is 0.0215. The molecule has 0 amide bonds. The number of hydrogen-bond donors (Lipinski definition) is 0. The molecular weight excluding hydrogens is 643 g/mol. The molecule has 0 N–H and O–H groups in total. The van der Waals surface area contributed by atoms with Crippen LogP contribution in [0.25, 0.3) is 22.3 Å². The van der Waals surface area contributed by atoms with E-state index in [1.807, 2.05) is 25.1 Å². The first kappa shape index (κ1) is 33.4. The van der Waals surface area contributed by atoms with Crippen LogP contribution in [-0.4, -0.2) is 34.5 Å². The van der Waals surface area contributed by atoms with Gasteiger partial charge in [0.2, 0.25) is 5.75 Å². The average molecular weight is 676 g/mol. The monoisotopic (exact) mass is 674 g/mol. The van der Waals surface area contributed by atoms with Gasteiger partial charge in [0.05, 0.1) is 45.8 Å². The number of benzene rings is 4. The van der Waals surface area contributed by atoms with E-state index in [-0.39, 0.29) is 36.3 Å². The second-order valence-electron chi connectivity index (χ2n) is 11.0. The van der Waals surface area contributed by atoms with Crippen LogP contribution in [0.2, 0.25) is 10.0 Å². The summed E-state index contributed by atoms with van der Waals surface area (Å²) in [4.78, 5) is 30.4. The second kappa shape index (κ2) is 14.2. The minimum atomic E-state index is -0.562. The van der Waals surface area contributed by atoms with Crippen LogP contribution in [0.4, 0.5) is 5.69 Å². The van der Waals surface area contributed by atoms with Gasteiger partial charge >= 0.3 is 5.69 Å². The molecule has 0 radical (unpaired) electrons. The van der Waals surface area contributed by atoms with Crippen molar-refractivity contribution in [1.82, 2.24) is 9.66 Å². The number of nitro groups is 1. The predicted molar refractivity (Wildman–Crippen MR) is 185 cm³/mol. The molecular formula is C35H32Cl2N4O6. The van der Waals surface area contributed by atoms with E-state index >= 15 is 0 Å². The van der Waals surface area contributed by atoms with E-state index in [9.17, 15) is 14.9 Å². The molecule has 0 aliphatic heterocycles. The van der Waals surface area contributed by atoms with Crippen LogP contribution in [0, 0.1) is 17.0 Å². The van der Waals surface area contributed by atoms with E-state index in [2.05, 4.69) is 18.9 Å². The number of nitro benzene ring substituents is 1. The van der Waals surface area contributed by atoms with Crippen LogP contribution >= 0.6 is 23.2 Å². The molecule has 242 valence electrons. The Morgan fingerprint density at radius 2 is 1.79 bits per heavy atom. The first-order chi connectivity index (χ1) is 22.5. The smallest absolute Gasteiger partial charge is 0.315 e. The Labute approximate surface area is 281 Å². The Morgan fingerprint density at radius 3 is 2.47 bits per heavy atom. The third kappa shape index (κ3) is 7.08. The Bertz CT molecular complexity index is 2080. The maximum Gasteiger partial charge on any atom is 0.315 e. The molecule has 0 spiro atoms. The quantitative estimate of drug-likeness (QED) is 0.0782. The lowest BCUT2D eigenvalue weighted by molar-refractivity contribution is -0.386. The fourth-order valence-corrected chi connectivity index (χ4v) is 5.43. The van der Waals surface area contributed by atoms with Gasteiger partial charge in [-0.15, -0.1) is 0 Å². The number of hydrogen-bond acceptors (Lipinski definition) is 8. The van der Waals surface area contributed by atoms with Crippen molar-refractivity contribution in [3.63, 3.8) is 0 Å². The van der Waals surface area contributed by atoms with Crippen molar-refractivity contribution in [3.05, 3.63) is 119 Å². The van der Waals surface area contributed by atoms with Crippen LogP contribution in [0.5, 0.6) is 17.2 Å². The zero-order valence-corrected chi connectivity index (χ0v) is 27.9. The van der Waals surface area contributed by atoms with E-state index in [1.54, 1.807) is 56.5 Å². The normalized spacial score (nSPS) is 11.4. The minimum Gasteiger partial charge on any atom is -0.496 e. The summed E-state index contributed by atoms with van der Waals surface area (Å²) >= 11 is 12.2. The van der Waals surface area contributed by atoms with Gasteiger partial charge < -0.3 is 14.2 Å². The maximum absolute atomic E-state index is 13.9. The first-order valence-corrected chi connectivity index (χ1v) is 15.5. The standard InChI is InChI=1S/C35H32Cl2N4O6/c1-6-46-32-16-23(15-30(41(43)44)33(32)47-19-22-11-12-27(36)28(37)14-22)18-38-40-34(39-29-10-8-7-9-24(29)35(40)42)26-17-25(20(2)3)31(45-5)13-21(26)4/h7-18,20H,6,19H2,1-5H3. The fraction of sp³-hybridized carbons (Fsp3) is 0.229. The Balaban J connectivity index is 1.64. The van der Waals surface area contributed by atoms with Crippen molar-refractivity contribution < 1.29 is 19.1 Å². The zero-order chi connectivity index (χ0) is 33.8. The van der Waals surface area contributed by atoms with E-state index in [0.29, 0.717) is 43.5 Å². The summed E-state index contributed by atoms with van der Waals surface area (Å²) < 4.78 is 18.5. The van der Waals surface area contributed by atoms with Crippen LogP contribution in [0.3, 0.4) is 0 Å². The molecule has 0 aliphatic carbocycles. The van der Waals surface area contributed by atoms with Gasteiger partial charge in [0.25, 0.3) is 5.56 Å². The third-order valence-electron chi connectivity index (χ3n) is 7.44. The molecule has 4 aromatic carbocycles. The molecule has 10 nitrogen and oxygen atoms in total. The lowest BCUT2D eigenvalue weighted by atomic mass is 9.96. The number of methoxy groups -OCH3 is 1. The highest BCUT2D eigenvalue weighted by molar-refractivity contribution is 6.42. The van der Waals surface area contributed by atoms with Gasteiger partial charge in [-0.1, -0.05) is 55.2 Å². The summed E-state index contributed by atoms with van der Waals surface area (Å²) in [6.45, 7) is 7.96. The number of halogens is 2. The number of aromatic nitrogens is 2. The van der Waals surface area contributed by atoms with Crippen LogP contribution in [0.1, 0.15) is 48.9 Å². The molecule has 47 heavy (non-hydrogen) atoms. The molecule has 0 bridgehead atoms. The average Bonchev–Trinajstić information content (AvgIpc) is 3.04. The summed E-state index contributed by atoms with van der Waals surface area (Å²) in [5.74, 6) is 1.26.